The minimum absolute atomic E-state index is 0.246. The molecule has 2 N–H and O–H groups in total. The van der Waals surface area contributed by atoms with Gasteiger partial charge in [-0.2, -0.15) is 0 Å². The zero-order chi connectivity index (χ0) is 49.9. The lowest BCUT2D eigenvalue weighted by molar-refractivity contribution is -0.141. The number of ether oxygens (including phenoxy) is 8. The van der Waals surface area contributed by atoms with Crippen LogP contribution in [0.1, 0.15) is 67.1 Å². The highest BCUT2D eigenvalue weighted by Gasteiger charge is 2.35. The molecule has 70 heavy (non-hydrogen) atoms. The molecule has 2 aromatic heterocycles. The number of halogens is 2. The molecule has 20 heteroatoms. The average Bonchev–Trinajstić information content (AvgIpc) is 3.98. The van der Waals surface area contributed by atoms with E-state index in [0.717, 1.165) is 53.4 Å². The molecule has 6 aromatic rings. The summed E-state index contributed by atoms with van der Waals surface area (Å²) in [5, 5.41) is 9.55. The number of para-hydroxylation sites is 2. The topological polar surface area (TPSA) is 158 Å². The third kappa shape index (κ3) is 12.7. The molecule has 8 rings (SSSR count). The Bertz CT molecular complexity index is 2650. The van der Waals surface area contributed by atoms with Crippen molar-refractivity contribution >= 4 is 104 Å². The Kier molecular flexibility index (Phi) is 18.4. The third-order valence-electron chi connectivity index (χ3n) is 11.3. The predicted octanol–water partition coefficient (Wildman–Crippen LogP) is 10.8. The van der Waals surface area contributed by atoms with E-state index in [0.29, 0.717) is 81.5 Å². The number of thiocarbonyl (C=S) groups is 2. The summed E-state index contributed by atoms with van der Waals surface area (Å²) in [4.78, 5) is 35.1. The SMILES string of the molecule is COC(=O)CCc1cnc(C[C@@H]2O[C@H](c3cccc(OC)c3OC)c3cc(Cl)ccc3NC2=S)s1.COC(=O)CCc1cnc(C[C@H]2O[C@H](c3cccc(OC)c3OC)c3cc(Cl)ccc3NC2=S)s1. The van der Waals surface area contributed by atoms with Crippen molar-refractivity contribution < 1.29 is 47.5 Å². The van der Waals surface area contributed by atoms with Crippen LogP contribution in [0.5, 0.6) is 23.0 Å². The van der Waals surface area contributed by atoms with Gasteiger partial charge in [-0.15, -0.1) is 22.7 Å². The molecule has 0 bridgehead atoms. The van der Waals surface area contributed by atoms with Crippen LogP contribution in [0.4, 0.5) is 11.4 Å². The van der Waals surface area contributed by atoms with Crippen LogP contribution in [0, 0.1) is 0 Å². The minimum Gasteiger partial charge on any atom is -0.493 e. The number of hydrogen-bond acceptors (Lipinski definition) is 16. The quantitative estimate of drug-likeness (QED) is 0.0696. The number of nitrogens with one attached hydrogen (secondary N) is 2. The van der Waals surface area contributed by atoms with Crippen LogP contribution in [-0.2, 0) is 54.2 Å². The first-order valence-corrected chi connectivity index (χ1v) is 25.0. The van der Waals surface area contributed by atoms with Crippen molar-refractivity contribution in [1.29, 1.82) is 0 Å². The van der Waals surface area contributed by atoms with Gasteiger partial charge in [0.05, 0.1) is 65.5 Å². The zero-order valence-corrected chi connectivity index (χ0v) is 43.8. The summed E-state index contributed by atoms with van der Waals surface area (Å²) in [6.07, 6.45) is 4.32. The number of esters is 2. The molecular weight excluding hydrogens is 1020 g/mol. The number of benzene rings is 4. The van der Waals surface area contributed by atoms with Crippen molar-refractivity contribution in [2.24, 2.45) is 0 Å². The van der Waals surface area contributed by atoms with Crippen LogP contribution < -0.4 is 29.6 Å². The summed E-state index contributed by atoms with van der Waals surface area (Å²) in [6, 6.07) is 22.5. The molecule has 4 heterocycles. The summed E-state index contributed by atoms with van der Waals surface area (Å²) >= 11 is 27.3. The number of aromatic nitrogens is 2. The largest absolute Gasteiger partial charge is 0.493 e. The molecule has 0 saturated heterocycles. The maximum atomic E-state index is 11.5. The normalized spacial score (nSPS) is 17.2. The molecule has 0 unspecified atom stereocenters. The molecule has 4 aromatic carbocycles. The van der Waals surface area contributed by atoms with E-state index >= 15 is 0 Å². The van der Waals surface area contributed by atoms with Crippen molar-refractivity contribution in [2.75, 3.05) is 53.3 Å². The predicted molar refractivity (Wildman–Crippen MR) is 280 cm³/mol. The number of carbonyl (C=O) groups is 2. The van der Waals surface area contributed by atoms with E-state index in [9.17, 15) is 9.59 Å². The molecule has 2 aliphatic rings. The number of hydrogen-bond donors (Lipinski definition) is 2. The number of carbonyl (C=O) groups excluding carboxylic acids is 2. The number of rotatable bonds is 16. The van der Waals surface area contributed by atoms with Gasteiger partial charge < -0.3 is 48.5 Å². The number of thiazole rings is 2. The standard InChI is InChI=1S/2C25H25ClN2O5S2/c2*1-30-19-6-4-5-16(24(19)32-3)23-17-11-14(26)7-9-18(17)28-25(34)20(33-23)12-21-27-13-15(35-21)8-10-22(29)31-2/h2*4-7,9,11,13,20,23H,8,10,12H2,1-3H3,(H,28,34)/t20-,23+;20-,23-/m01/s1. The van der Waals surface area contributed by atoms with Crippen molar-refractivity contribution in [3.05, 3.63) is 137 Å². The van der Waals surface area contributed by atoms with Crippen LogP contribution in [-0.4, -0.2) is 86.8 Å². The van der Waals surface area contributed by atoms with Crippen LogP contribution in [0.3, 0.4) is 0 Å². The zero-order valence-electron chi connectivity index (χ0n) is 39.0. The first kappa shape index (κ1) is 52.4. The molecule has 0 radical (unpaired) electrons. The lowest BCUT2D eigenvalue weighted by Crippen LogP contribution is -2.30. The van der Waals surface area contributed by atoms with E-state index < -0.39 is 24.4 Å². The molecule has 0 fully saturated rings. The van der Waals surface area contributed by atoms with Gasteiger partial charge in [0.15, 0.2) is 23.0 Å². The van der Waals surface area contributed by atoms with Gasteiger partial charge in [-0.25, -0.2) is 9.97 Å². The Morgan fingerprint density at radius 2 is 1.01 bits per heavy atom. The van der Waals surface area contributed by atoms with Gasteiger partial charge in [0.25, 0.3) is 0 Å². The van der Waals surface area contributed by atoms with Crippen molar-refractivity contribution in [3.8, 4) is 23.0 Å². The van der Waals surface area contributed by atoms with Gasteiger partial charge in [0.2, 0.25) is 0 Å². The van der Waals surface area contributed by atoms with Gasteiger partial charge in [-0.05, 0) is 61.4 Å². The minimum atomic E-state index is -0.523. The fraction of sp³-hybridized carbons (Fsp3) is 0.320. The van der Waals surface area contributed by atoms with Crippen LogP contribution >= 0.6 is 70.3 Å². The lowest BCUT2D eigenvalue weighted by Gasteiger charge is -2.24. The molecule has 0 aliphatic carbocycles. The number of fused-ring (bicyclic) bond motifs is 2. The van der Waals surface area contributed by atoms with Gasteiger partial charge in [-0.3, -0.25) is 9.59 Å². The second-order valence-corrected chi connectivity index (χ2v) is 19.8. The number of nitrogens with zero attached hydrogens (tertiary/aromatic N) is 2. The smallest absolute Gasteiger partial charge is 0.305 e. The number of aryl methyl sites for hydroxylation is 2. The highest BCUT2D eigenvalue weighted by Crippen LogP contribution is 2.46. The van der Waals surface area contributed by atoms with E-state index in [1.54, 1.807) is 40.8 Å². The van der Waals surface area contributed by atoms with E-state index in [-0.39, 0.29) is 11.9 Å². The Labute approximate surface area is 434 Å². The molecule has 2 aliphatic heterocycles. The molecule has 0 amide bonds. The number of anilines is 2. The van der Waals surface area contributed by atoms with E-state index in [2.05, 4.69) is 20.6 Å². The fourth-order valence-corrected chi connectivity index (χ4v) is 10.6. The van der Waals surface area contributed by atoms with Crippen LogP contribution in [0.15, 0.2) is 85.2 Å². The van der Waals surface area contributed by atoms with E-state index in [1.807, 2.05) is 72.8 Å². The summed E-state index contributed by atoms with van der Waals surface area (Å²) in [5.74, 6) is 1.87. The summed E-state index contributed by atoms with van der Waals surface area (Å²) < 4.78 is 45.2. The fourth-order valence-electron chi connectivity index (χ4n) is 7.84. The Hall–Kier alpha value is -5.44. The summed E-state index contributed by atoms with van der Waals surface area (Å²) in [7, 11) is 9.17. The number of methoxy groups -OCH3 is 6. The molecule has 0 saturated carbocycles. The third-order valence-corrected chi connectivity index (χ3v) is 14.6. The monoisotopic (exact) mass is 1060 g/mol. The van der Waals surface area contributed by atoms with Crippen molar-refractivity contribution in [2.45, 2.75) is 62.9 Å². The second kappa shape index (κ2) is 24.6. The first-order chi connectivity index (χ1) is 33.9. The Morgan fingerprint density at radius 3 is 1.39 bits per heavy atom. The summed E-state index contributed by atoms with van der Waals surface area (Å²) in [5.41, 5.74) is 4.90. The maximum absolute atomic E-state index is 11.5. The summed E-state index contributed by atoms with van der Waals surface area (Å²) in [6.45, 7) is 0. The second-order valence-electron chi connectivity index (χ2n) is 15.6. The maximum Gasteiger partial charge on any atom is 0.305 e. The van der Waals surface area contributed by atoms with Crippen LogP contribution in [0.2, 0.25) is 10.0 Å². The molecule has 14 nitrogen and oxygen atoms in total. The Morgan fingerprint density at radius 1 is 0.600 bits per heavy atom. The van der Waals surface area contributed by atoms with Gasteiger partial charge >= 0.3 is 11.9 Å². The average molecular weight is 1070 g/mol. The van der Waals surface area contributed by atoms with Crippen molar-refractivity contribution in [3.63, 3.8) is 0 Å². The highest BCUT2D eigenvalue weighted by atomic mass is 35.5. The van der Waals surface area contributed by atoms with Gasteiger partial charge in [-0.1, -0.05) is 71.9 Å². The highest BCUT2D eigenvalue weighted by molar-refractivity contribution is 7.81. The van der Waals surface area contributed by atoms with Gasteiger partial charge in [0, 0.05) is 78.7 Å². The van der Waals surface area contributed by atoms with E-state index in [1.165, 1.54) is 36.9 Å². The Balaban J connectivity index is 0.000000206. The lowest BCUT2D eigenvalue weighted by atomic mass is 9.98. The first-order valence-electron chi connectivity index (χ1n) is 21.8. The molecule has 0 spiro atoms. The van der Waals surface area contributed by atoms with Crippen LogP contribution in [0.25, 0.3) is 0 Å². The molecule has 368 valence electrons. The van der Waals surface area contributed by atoms with Gasteiger partial charge in [0.1, 0.15) is 34.4 Å². The van der Waals surface area contributed by atoms with E-state index in [4.69, 9.17) is 85.5 Å². The molecular formula is C50H50Cl2N4O10S4. The molecule has 4 atom stereocenters. The van der Waals surface area contributed by atoms with Crippen molar-refractivity contribution in [1.82, 2.24) is 9.97 Å².